The fraction of sp³-hybridized carbons (Fsp3) is 0.588. The highest BCUT2D eigenvalue weighted by Gasteiger charge is 2.31. The van der Waals surface area contributed by atoms with Gasteiger partial charge in [-0.15, -0.1) is 24.0 Å². The zero-order chi connectivity index (χ0) is 15.1. The van der Waals surface area contributed by atoms with Gasteiger partial charge in [0.1, 0.15) is 0 Å². The van der Waals surface area contributed by atoms with Gasteiger partial charge in [0.05, 0.1) is 6.61 Å². The molecule has 2 rings (SSSR count). The smallest absolute Gasteiger partial charge is 0.193 e. The van der Waals surface area contributed by atoms with Crippen LogP contribution in [0, 0.1) is 5.41 Å². The third-order valence-corrected chi connectivity index (χ3v) is 4.58. The van der Waals surface area contributed by atoms with Gasteiger partial charge in [0.25, 0.3) is 0 Å². The number of aliphatic imine (C=N–C) groups is 1. The second-order valence-corrected chi connectivity index (χ2v) is 5.98. The van der Waals surface area contributed by atoms with Gasteiger partial charge in [0, 0.05) is 24.9 Å². The Labute approximate surface area is 150 Å². The molecule has 124 valence electrons. The van der Waals surface area contributed by atoms with Crippen molar-refractivity contribution in [1.82, 2.24) is 0 Å². The maximum atomic E-state index is 6.06. The summed E-state index contributed by atoms with van der Waals surface area (Å²) in [5, 5.41) is 3.21. The number of para-hydroxylation sites is 1. The highest BCUT2D eigenvalue weighted by atomic mass is 127. The van der Waals surface area contributed by atoms with Crippen LogP contribution in [0.5, 0.6) is 0 Å². The molecule has 5 heteroatoms. The number of anilines is 1. The monoisotopic (exact) mass is 417 g/mol. The molecule has 0 aliphatic heterocycles. The van der Waals surface area contributed by atoms with Crippen molar-refractivity contribution < 1.29 is 4.74 Å². The summed E-state index contributed by atoms with van der Waals surface area (Å²) in [7, 11) is 1.69. The van der Waals surface area contributed by atoms with Gasteiger partial charge < -0.3 is 15.8 Å². The minimum atomic E-state index is 0. The minimum absolute atomic E-state index is 0. The Balaban J connectivity index is 0.00000242. The highest BCUT2D eigenvalue weighted by Crippen LogP contribution is 2.41. The van der Waals surface area contributed by atoms with Crippen LogP contribution in [-0.2, 0) is 11.3 Å². The molecule has 1 aromatic carbocycles. The van der Waals surface area contributed by atoms with Crippen LogP contribution in [0.15, 0.2) is 29.3 Å². The molecule has 0 spiro atoms. The molecule has 0 atom stereocenters. The Morgan fingerprint density at radius 3 is 2.64 bits per heavy atom. The van der Waals surface area contributed by atoms with Crippen molar-refractivity contribution in [2.45, 2.75) is 45.6 Å². The van der Waals surface area contributed by atoms with E-state index in [4.69, 9.17) is 10.5 Å². The molecule has 1 saturated carbocycles. The van der Waals surface area contributed by atoms with Crippen LogP contribution in [-0.4, -0.2) is 19.6 Å². The summed E-state index contributed by atoms with van der Waals surface area (Å²) >= 11 is 0. The molecule has 1 aliphatic carbocycles. The highest BCUT2D eigenvalue weighted by molar-refractivity contribution is 14.0. The molecule has 0 unspecified atom stereocenters. The van der Waals surface area contributed by atoms with Crippen molar-refractivity contribution in [3.05, 3.63) is 29.8 Å². The number of guanidine groups is 1. The zero-order valence-corrected chi connectivity index (χ0v) is 15.9. The Morgan fingerprint density at radius 2 is 2.00 bits per heavy atom. The molecule has 0 heterocycles. The Morgan fingerprint density at radius 1 is 1.32 bits per heavy atom. The van der Waals surface area contributed by atoms with Crippen LogP contribution in [0.4, 0.5) is 5.69 Å². The van der Waals surface area contributed by atoms with Gasteiger partial charge in [-0.3, -0.25) is 4.99 Å². The van der Waals surface area contributed by atoms with Crippen LogP contribution in [0.1, 0.15) is 44.6 Å². The lowest BCUT2D eigenvalue weighted by Crippen LogP contribution is -2.27. The summed E-state index contributed by atoms with van der Waals surface area (Å²) in [4.78, 5) is 4.59. The lowest BCUT2D eigenvalue weighted by Gasteiger charge is -2.25. The van der Waals surface area contributed by atoms with Crippen molar-refractivity contribution in [2.24, 2.45) is 16.1 Å². The number of halogens is 1. The Kier molecular flexibility index (Phi) is 8.17. The largest absolute Gasteiger partial charge is 0.380 e. The molecule has 22 heavy (non-hydrogen) atoms. The molecular formula is C17H28IN3O. The summed E-state index contributed by atoms with van der Waals surface area (Å²) in [5.41, 5.74) is 8.49. The third kappa shape index (κ3) is 5.12. The normalized spacial score (nSPS) is 17.1. The zero-order valence-electron chi connectivity index (χ0n) is 13.6. The number of benzene rings is 1. The summed E-state index contributed by atoms with van der Waals surface area (Å²) in [6.07, 6.45) is 6.39. The molecule has 0 amide bonds. The molecule has 3 N–H and O–H groups in total. The van der Waals surface area contributed by atoms with E-state index in [0.29, 0.717) is 18.0 Å². The van der Waals surface area contributed by atoms with E-state index >= 15 is 0 Å². The van der Waals surface area contributed by atoms with Gasteiger partial charge in [-0.1, -0.05) is 38.0 Å². The summed E-state index contributed by atoms with van der Waals surface area (Å²) in [6, 6.07) is 8.02. The molecule has 1 fully saturated rings. The first-order chi connectivity index (χ1) is 10.2. The van der Waals surface area contributed by atoms with Gasteiger partial charge >= 0.3 is 0 Å². The van der Waals surface area contributed by atoms with E-state index in [1.165, 1.54) is 32.1 Å². The van der Waals surface area contributed by atoms with Crippen molar-refractivity contribution in [1.29, 1.82) is 0 Å². The van der Waals surface area contributed by atoms with Crippen LogP contribution in [0.25, 0.3) is 0 Å². The SMILES string of the molecule is CCC1(CN=C(N)Nc2ccccc2COC)CCCC1.I. The van der Waals surface area contributed by atoms with E-state index in [9.17, 15) is 0 Å². The van der Waals surface area contributed by atoms with Crippen molar-refractivity contribution >= 4 is 35.6 Å². The molecule has 1 aliphatic rings. The number of hydrogen-bond acceptors (Lipinski definition) is 2. The predicted molar refractivity (Wildman–Crippen MR) is 104 cm³/mol. The van der Waals surface area contributed by atoms with Gasteiger partial charge in [-0.05, 0) is 30.7 Å². The number of ether oxygens (including phenoxy) is 1. The van der Waals surface area contributed by atoms with Gasteiger partial charge in [-0.2, -0.15) is 0 Å². The molecule has 4 nitrogen and oxygen atoms in total. The second kappa shape index (κ2) is 9.35. The number of nitrogens with zero attached hydrogens (tertiary/aromatic N) is 1. The van der Waals surface area contributed by atoms with E-state index in [2.05, 4.69) is 17.2 Å². The molecular weight excluding hydrogens is 389 g/mol. The lowest BCUT2D eigenvalue weighted by atomic mass is 9.84. The number of hydrogen-bond donors (Lipinski definition) is 2. The minimum Gasteiger partial charge on any atom is -0.380 e. The fourth-order valence-corrected chi connectivity index (χ4v) is 3.10. The van der Waals surface area contributed by atoms with Crippen molar-refractivity contribution in [3.63, 3.8) is 0 Å². The van der Waals surface area contributed by atoms with E-state index in [0.717, 1.165) is 17.8 Å². The van der Waals surface area contributed by atoms with E-state index < -0.39 is 0 Å². The van der Waals surface area contributed by atoms with E-state index in [1.54, 1.807) is 7.11 Å². The maximum Gasteiger partial charge on any atom is 0.193 e. The van der Waals surface area contributed by atoms with Crippen LogP contribution in [0.2, 0.25) is 0 Å². The summed E-state index contributed by atoms with van der Waals surface area (Å²) in [6.45, 7) is 3.66. The third-order valence-electron chi connectivity index (χ3n) is 4.58. The van der Waals surface area contributed by atoms with Gasteiger partial charge in [0.2, 0.25) is 0 Å². The lowest BCUT2D eigenvalue weighted by molar-refractivity contribution is 0.185. The quantitative estimate of drug-likeness (QED) is 0.416. The summed E-state index contributed by atoms with van der Waals surface area (Å²) in [5.74, 6) is 0.498. The first-order valence-corrected chi connectivity index (χ1v) is 7.83. The fourth-order valence-electron chi connectivity index (χ4n) is 3.10. The predicted octanol–water partition coefficient (Wildman–Crippen LogP) is 4.15. The van der Waals surface area contributed by atoms with Crippen molar-refractivity contribution in [2.75, 3.05) is 19.0 Å². The summed E-state index contributed by atoms with van der Waals surface area (Å²) < 4.78 is 5.20. The molecule has 0 saturated heterocycles. The van der Waals surface area contributed by atoms with Crippen LogP contribution < -0.4 is 11.1 Å². The Hall–Kier alpha value is -0.820. The van der Waals surface area contributed by atoms with E-state index in [1.807, 2.05) is 24.3 Å². The number of nitrogens with two attached hydrogens (primary N) is 1. The van der Waals surface area contributed by atoms with Gasteiger partial charge in [0.15, 0.2) is 5.96 Å². The molecule has 1 aromatic rings. The number of rotatable bonds is 6. The average molecular weight is 417 g/mol. The maximum absolute atomic E-state index is 6.06. The number of methoxy groups -OCH3 is 1. The Bertz CT molecular complexity index is 485. The van der Waals surface area contributed by atoms with Gasteiger partial charge in [-0.25, -0.2) is 0 Å². The second-order valence-electron chi connectivity index (χ2n) is 5.98. The molecule has 0 radical (unpaired) electrons. The molecule has 0 bridgehead atoms. The molecule has 0 aromatic heterocycles. The van der Waals surface area contributed by atoms with E-state index in [-0.39, 0.29) is 24.0 Å². The van der Waals surface area contributed by atoms with Crippen molar-refractivity contribution in [3.8, 4) is 0 Å². The van der Waals surface area contributed by atoms with Crippen LogP contribution in [0.3, 0.4) is 0 Å². The average Bonchev–Trinajstić information content (AvgIpc) is 2.97. The first kappa shape index (κ1) is 19.2. The van der Waals surface area contributed by atoms with Crippen LogP contribution >= 0.6 is 24.0 Å². The number of nitrogens with one attached hydrogen (secondary N) is 1. The first-order valence-electron chi connectivity index (χ1n) is 7.83. The topological polar surface area (TPSA) is 59.6 Å². The standard InChI is InChI=1S/C17H27N3O.HI/c1-3-17(10-6-7-11-17)13-19-16(18)20-15-9-5-4-8-14(15)12-21-2;/h4-5,8-9H,3,6-7,10-13H2,1-2H3,(H3,18,19,20);1H.